The van der Waals surface area contributed by atoms with Gasteiger partial charge in [0, 0.05) is 25.2 Å². The fourth-order valence-electron chi connectivity index (χ4n) is 7.19. The minimum absolute atomic E-state index is 0.00312. The largest absolute Gasteiger partial charge is 0.342 e. The van der Waals surface area contributed by atoms with E-state index >= 15 is 0 Å². The van der Waals surface area contributed by atoms with Gasteiger partial charge in [0.05, 0.1) is 5.41 Å². The highest BCUT2D eigenvalue weighted by Gasteiger charge is 2.55. The summed E-state index contributed by atoms with van der Waals surface area (Å²) in [5.41, 5.74) is 0.919. The molecule has 142 valence electrons. The number of piperidine rings is 1. The maximum Gasteiger partial charge on any atom is 0.228 e. The van der Waals surface area contributed by atoms with Crippen molar-refractivity contribution >= 4 is 11.6 Å². The zero-order chi connectivity index (χ0) is 18.0. The van der Waals surface area contributed by atoms with Gasteiger partial charge in [-0.3, -0.25) is 9.20 Å². The van der Waals surface area contributed by atoms with E-state index in [0.717, 1.165) is 55.2 Å². The Balaban J connectivity index is 1.18. The van der Waals surface area contributed by atoms with Crippen molar-refractivity contribution in [3.05, 3.63) is 30.2 Å². The van der Waals surface area contributed by atoms with Crippen LogP contribution in [0.1, 0.15) is 63.1 Å². The summed E-state index contributed by atoms with van der Waals surface area (Å²) in [5, 5.41) is 8.76. The minimum Gasteiger partial charge on any atom is -0.342 e. The standard InChI is InChI=1S/C22H28N4O/c27-21(22-12-15-9-16(13-22)11-17(10-15)14-22)25-7-4-18(5-8-25)20-24-23-19-3-1-2-6-26(19)20/h1-3,6,15-18H,4-5,7-14H2. The van der Waals surface area contributed by atoms with Gasteiger partial charge in [0.15, 0.2) is 5.65 Å². The summed E-state index contributed by atoms with van der Waals surface area (Å²) in [7, 11) is 0. The first-order valence-corrected chi connectivity index (χ1v) is 10.8. The molecule has 0 atom stereocenters. The Morgan fingerprint density at radius 2 is 1.63 bits per heavy atom. The number of nitrogens with zero attached hydrogens (tertiary/aromatic N) is 4. The minimum atomic E-state index is 0.00312. The highest BCUT2D eigenvalue weighted by atomic mass is 16.2. The molecule has 1 aliphatic heterocycles. The fraction of sp³-hybridized carbons (Fsp3) is 0.682. The highest BCUT2D eigenvalue weighted by molar-refractivity contribution is 5.83. The number of rotatable bonds is 2. The Bertz CT molecular complexity index is 844. The molecule has 27 heavy (non-hydrogen) atoms. The summed E-state index contributed by atoms with van der Waals surface area (Å²) in [5.74, 6) is 4.46. The van der Waals surface area contributed by atoms with Gasteiger partial charge in [-0.1, -0.05) is 6.07 Å². The molecule has 4 aliphatic carbocycles. The van der Waals surface area contributed by atoms with E-state index in [0.29, 0.717) is 11.8 Å². The van der Waals surface area contributed by atoms with Crippen LogP contribution >= 0.6 is 0 Å². The third kappa shape index (κ3) is 2.46. The molecular weight excluding hydrogens is 336 g/mol. The molecule has 2 aromatic rings. The van der Waals surface area contributed by atoms with Gasteiger partial charge >= 0.3 is 0 Å². The lowest BCUT2D eigenvalue weighted by atomic mass is 9.49. The van der Waals surface area contributed by atoms with Crippen LogP contribution in [0.25, 0.3) is 5.65 Å². The van der Waals surface area contributed by atoms with Crippen LogP contribution in [0.3, 0.4) is 0 Å². The van der Waals surface area contributed by atoms with E-state index in [4.69, 9.17) is 0 Å². The molecule has 4 bridgehead atoms. The molecule has 5 heteroatoms. The molecular formula is C22H28N4O. The Morgan fingerprint density at radius 3 is 2.30 bits per heavy atom. The zero-order valence-electron chi connectivity index (χ0n) is 15.9. The smallest absolute Gasteiger partial charge is 0.228 e. The van der Waals surface area contributed by atoms with Gasteiger partial charge in [-0.05, 0) is 81.3 Å². The summed E-state index contributed by atoms with van der Waals surface area (Å²) in [6, 6.07) is 6.04. The van der Waals surface area contributed by atoms with Gasteiger partial charge in [0.2, 0.25) is 5.91 Å². The van der Waals surface area contributed by atoms with E-state index in [1.54, 1.807) is 0 Å². The van der Waals surface area contributed by atoms with E-state index in [2.05, 4.69) is 25.7 Å². The second-order valence-corrected chi connectivity index (χ2v) is 9.75. The first kappa shape index (κ1) is 16.1. The van der Waals surface area contributed by atoms with Crippen molar-refractivity contribution in [2.24, 2.45) is 23.2 Å². The molecule has 0 aromatic carbocycles. The number of carbonyl (C=O) groups is 1. The molecule has 4 saturated carbocycles. The number of hydrogen-bond acceptors (Lipinski definition) is 3. The SMILES string of the molecule is O=C(N1CCC(c2nnc3ccccn23)CC1)C12CC3CC(CC(C3)C1)C2. The quantitative estimate of drug-likeness (QED) is 0.817. The Hall–Kier alpha value is -1.91. The third-order valence-corrected chi connectivity index (χ3v) is 7.98. The molecule has 7 rings (SSSR count). The molecule has 1 amide bonds. The zero-order valence-corrected chi connectivity index (χ0v) is 15.9. The van der Waals surface area contributed by atoms with Crippen molar-refractivity contribution in [3.63, 3.8) is 0 Å². The molecule has 0 N–H and O–H groups in total. The first-order chi connectivity index (χ1) is 13.2. The maximum absolute atomic E-state index is 13.6. The average molecular weight is 364 g/mol. The number of likely N-dealkylation sites (tertiary alicyclic amines) is 1. The van der Waals surface area contributed by atoms with Crippen molar-refractivity contribution in [1.82, 2.24) is 19.5 Å². The van der Waals surface area contributed by atoms with Crippen LogP contribution < -0.4 is 0 Å². The molecule has 3 heterocycles. The molecule has 5 nitrogen and oxygen atoms in total. The van der Waals surface area contributed by atoms with Crippen molar-refractivity contribution in [2.45, 2.75) is 57.3 Å². The van der Waals surface area contributed by atoms with Crippen LogP contribution in [0.2, 0.25) is 0 Å². The summed E-state index contributed by atoms with van der Waals surface area (Å²) in [6.45, 7) is 1.76. The van der Waals surface area contributed by atoms with Crippen LogP contribution in [0, 0.1) is 23.2 Å². The number of aromatic nitrogens is 3. The predicted octanol–water partition coefficient (Wildman–Crippen LogP) is 3.65. The van der Waals surface area contributed by atoms with Crippen LogP contribution in [0.4, 0.5) is 0 Å². The Kier molecular flexibility index (Phi) is 3.45. The van der Waals surface area contributed by atoms with Crippen LogP contribution in [-0.2, 0) is 4.79 Å². The molecule has 2 aromatic heterocycles. The van der Waals surface area contributed by atoms with Crippen molar-refractivity contribution in [3.8, 4) is 0 Å². The number of pyridine rings is 1. The summed E-state index contributed by atoms with van der Waals surface area (Å²) in [6.07, 6.45) is 11.8. The highest BCUT2D eigenvalue weighted by Crippen LogP contribution is 2.60. The fourth-order valence-corrected chi connectivity index (χ4v) is 7.19. The van der Waals surface area contributed by atoms with Crippen molar-refractivity contribution in [1.29, 1.82) is 0 Å². The second kappa shape index (κ2) is 5.79. The Morgan fingerprint density at radius 1 is 0.963 bits per heavy atom. The number of carbonyl (C=O) groups excluding carboxylic acids is 1. The van der Waals surface area contributed by atoms with E-state index in [1.165, 1.54) is 38.5 Å². The lowest BCUT2D eigenvalue weighted by molar-refractivity contribution is -0.158. The maximum atomic E-state index is 13.6. The number of hydrogen-bond donors (Lipinski definition) is 0. The molecule has 5 aliphatic rings. The van der Waals surface area contributed by atoms with Gasteiger partial charge in [0.1, 0.15) is 5.82 Å². The normalized spacial score (nSPS) is 35.9. The lowest BCUT2D eigenvalue weighted by Crippen LogP contribution is -2.55. The van der Waals surface area contributed by atoms with Gasteiger partial charge in [-0.2, -0.15) is 0 Å². The monoisotopic (exact) mass is 364 g/mol. The summed E-state index contributed by atoms with van der Waals surface area (Å²) < 4.78 is 2.11. The molecule has 0 spiro atoms. The van der Waals surface area contributed by atoms with Gasteiger partial charge < -0.3 is 4.90 Å². The third-order valence-electron chi connectivity index (χ3n) is 7.98. The Labute approximate surface area is 160 Å². The van der Waals surface area contributed by atoms with E-state index in [-0.39, 0.29) is 5.41 Å². The molecule has 5 fully saturated rings. The summed E-state index contributed by atoms with van der Waals surface area (Å²) in [4.78, 5) is 15.8. The first-order valence-electron chi connectivity index (χ1n) is 10.8. The van der Waals surface area contributed by atoms with Gasteiger partial charge in [-0.25, -0.2) is 0 Å². The van der Waals surface area contributed by atoms with Crippen LogP contribution in [0.15, 0.2) is 24.4 Å². The number of amides is 1. The average Bonchev–Trinajstić information content (AvgIpc) is 3.11. The lowest BCUT2D eigenvalue weighted by Gasteiger charge is -2.57. The van der Waals surface area contributed by atoms with E-state index in [9.17, 15) is 4.79 Å². The van der Waals surface area contributed by atoms with Gasteiger partial charge in [0.25, 0.3) is 0 Å². The van der Waals surface area contributed by atoms with Crippen molar-refractivity contribution in [2.75, 3.05) is 13.1 Å². The van der Waals surface area contributed by atoms with E-state index in [1.807, 2.05) is 18.2 Å². The second-order valence-electron chi connectivity index (χ2n) is 9.75. The molecule has 0 radical (unpaired) electrons. The summed E-state index contributed by atoms with van der Waals surface area (Å²) >= 11 is 0. The predicted molar refractivity (Wildman–Crippen MR) is 102 cm³/mol. The van der Waals surface area contributed by atoms with Crippen LogP contribution in [0.5, 0.6) is 0 Å². The molecule has 1 saturated heterocycles. The van der Waals surface area contributed by atoms with Crippen LogP contribution in [-0.4, -0.2) is 38.5 Å². The number of fused-ring (bicyclic) bond motifs is 1. The van der Waals surface area contributed by atoms with Crippen molar-refractivity contribution < 1.29 is 4.79 Å². The van der Waals surface area contributed by atoms with E-state index < -0.39 is 0 Å². The molecule has 0 unspecified atom stereocenters. The van der Waals surface area contributed by atoms with Gasteiger partial charge in [-0.15, -0.1) is 10.2 Å². The topological polar surface area (TPSA) is 50.5 Å².